The van der Waals surface area contributed by atoms with Crippen molar-refractivity contribution in [3.8, 4) is 0 Å². The van der Waals surface area contributed by atoms with Gasteiger partial charge in [0.25, 0.3) is 0 Å². The van der Waals surface area contributed by atoms with Crippen LogP contribution in [0.15, 0.2) is 30.3 Å². The Morgan fingerprint density at radius 3 is 2.57 bits per heavy atom. The molecule has 4 nitrogen and oxygen atoms in total. The fourth-order valence-corrected chi connectivity index (χ4v) is 2.72. The van der Waals surface area contributed by atoms with Gasteiger partial charge < -0.3 is 14.9 Å². The van der Waals surface area contributed by atoms with E-state index in [1.807, 2.05) is 35.2 Å². The quantitative estimate of drug-likeness (QED) is 0.873. The third-order valence-electron chi connectivity index (χ3n) is 4.17. The number of nitrogens with zero attached hydrogens (tertiary/aromatic N) is 2. The Morgan fingerprint density at radius 2 is 1.95 bits per heavy atom. The summed E-state index contributed by atoms with van der Waals surface area (Å²) >= 11 is 0. The van der Waals surface area contributed by atoms with Crippen LogP contribution in [-0.4, -0.2) is 48.7 Å². The van der Waals surface area contributed by atoms with E-state index in [-0.39, 0.29) is 12.5 Å². The summed E-state index contributed by atoms with van der Waals surface area (Å²) in [5.41, 5.74) is 1.05. The third-order valence-corrected chi connectivity index (χ3v) is 4.17. The molecule has 0 unspecified atom stereocenters. The minimum Gasteiger partial charge on any atom is -0.396 e. The van der Waals surface area contributed by atoms with Gasteiger partial charge in [-0.2, -0.15) is 0 Å². The van der Waals surface area contributed by atoms with Gasteiger partial charge in [-0.15, -0.1) is 0 Å². The number of aliphatic hydroxyl groups excluding tert-OH is 1. The zero-order valence-corrected chi connectivity index (χ0v) is 12.9. The van der Waals surface area contributed by atoms with Gasteiger partial charge in [-0.3, -0.25) is 4.79 Å². The summed E-state index contributed by atoms with van der Waals surface area (Å²) in [6, 6.07) is 9.97. The number of carbonyl (C=O) groups is 1. The third kappa shape index (κ3) is 4.74. The molecule has 1 aromatic rings. The van der Waals surface area contributed by atoms with Gasteiger partial charge in [0.1, 0.15) is 0 Å². The molecular formula is C17H26N2O2. The van der Waals surface area contributed by atoms with Crippen LogP contribution in [0, 0.1) is 5.92 Å². The van der Waals surface area contributed by atoms with Crippen LogP contribution in [0.2, 0.25) is 0 Å². The standard InChI is InChI=1S/C17H26N2O2/c1-15-8-11-18(12-9-15)17(21)14-19(10-5-13-20)16-6-3-2-4-7-16/h2-4,6-7,15,20H,5,8-14H2,1H3. The van der Waals surface area contributed by atoms with E-state index in [9.17, 15) is 4.79 Å². The second-order valence-electron chi connectivity index (χ2n) is 5.90. The predicted molar refractivity (Wildman–Crippen MR) is 85.3 cm³/mol. The molecule has 0 atom stereocenters. The first-order chi connectivity index (χ1) is 10.2. The van der Waals surface area contributed by atoms with Gasteiger partial charge in [-0.05, 0) is 37.3 Å². The number of rotatable bonds is 6. The second kappa shape index (κ2) is 8.03. The van der Waals surface area contributed by atoms with Crippen molar-refractivity contribution in [2.75, 3.05) is 37.7 Å². The predicted octanol–water partition coefficient (Wildman–Crippen LogP) is 2.13. The number of aliphatic hydroxyl groups is 1. The van der Waals surface area contributed by atoms with E-state index < -0.39 is 0 Å². The number of hydrogen-bond donors (Lipinski definition) is 1. The molecule has 0 saturated carbocycles. The summed E-state index contributed by atoms with van der Waals surface area (Å²) in [4.78, 5) is 16.5. The molecule has 1 aromatic carbocycles. The molecule has 116 valence electrons. The Balaban J connectivity index is 1.96. The number of para-hydroxylation sites is 1. The van der Waals surface area contributed by atoms with Gasteiger partial charge in [0.2, 0.25) is 5.91 Å². The average molecular weight is 290 g/mol. The topological polar surface area (TPSA) is 43.8 Å². The van der Waals surface area contributed by atoms with Crippen molar-refractivity contribution in [1.82, 2.24) is 4.90 Å². The van der Waals surface area contributed by atoms with E-state index in [4.69, 9.17) is 5.11 Å². The summed E-state index contributed by atoms with van der Waals surface area (Å²) in [7, 11) is 0. The van der Waals surface area contributed by atoms with Gasteiger partial charge in [-0.1, -0.05) is 25.1 Å². The molecule has 0 aliphatic carbocycles. The molecule has 1 fully saturated rings. The summed E-state index contributed by atoms with van der Waals surface area (Å²) < 4.78 is 0. The van der Waals surface area contributed by atoms with E-state index in [0.29, 0.717) is 19.5 Å². The lowest BCUT2D eigenvalue weighted by molar-refractivity contribution is -0.131. The Bertz CT molecular complexity index is 428. The fraction of sp³-hybridized carbons (Fsp3) is 0.588. The van der Waals surface area contributed by atoms with Crippen molar-refractivity contribution in [1.29, 1.82) is 0 Å². The molecule has 1 heterocycles. The summed E-state index contributed by atoms with van der Waals surface area (Å²) in [6.45, 7) is 5.26. The average Bonchev–Trinajstić information content (AvgIpc) is 2.52. The van der Waals surface area contributed by atoms with Crippen molar-refractivity contribution < 1.29 is 9.90 Å². The molecule has 1 N–H and O–H groups in total. The maximum atomic E-state index is 12.5. The van der Waals surface area contributed by atoms with Crippen LogP contribution in [0.5, 0.6) is 0 Å². The minimum absolute atomic E-state index is 0.152. The van der Waals surface area contributed by atoms with Crippen LogP contribution in [0.4, 0.5) is 5.69 Å². The first-order valence-corrected chi connectivity index (χ1v) is 7.89. The van der Waals surface area contributed by atoms with Gasteiger partial charge in [0.05, 0.1) is 6.54 Å². The summed E-state index contributed by atoms with van der Waals surface area (Å²) in [6.07, 6.45) is 2.89. The van der Waals surface area contributed by atoms with E-state index in [1.54, 1.807) is 0 Å². The van der Waals surface area contributed by atoms with Gasteiger partial charge in [-0.25, -0.2) is 0 Å². The molecule has 0 radical (unpaired) electrons. The maximum Gasteiger partial charge on any atom is 0.242 e. The van der Waals surface area contributed by atoms with Crippen LogP contribution in [0.25, 0.3) is 0 Å². The van der Waals surface area contributed by atoms with Gasteiger partial charge in [0.15, 0.2) is 0 Å². The highest BCUT2D eigenvalue weighted by molar-refractivity contribution is 5.81. The Labute approximate surface area is 127 Å². The van der Waals surface area contributed by atoms with Crippen LogP contribution < -0.4 is 4.90 Å². The molecule has 1 aliphatic heterocycles. The molecule has 1 aliphatic rings. The van der Waals surface area contributed by atoms with Crippen molar-refractivity contribution in [2.24, 2.45) is 5.92 Å². The molecular weight excluding hydrogens is 264 g/mol. The Morgan fingerprint density at radius 1 is 1.29 bits per heavy atom. The lowest BCUT2D eigenvalue weighted by Crippen LogP contribution is -2.44. The van der Waals surface area contributed by atoms with Crippen molar-refractivity contribution in [2.45, 2.75) is 26.2 Å². The summed E-state index contributed by atoms with van der Waals surface area (Å²) in [5.74, 6) is 0.928. The van der Waals surface area contributed by atoms with E-state index in [2.05, 4.69) is 11.8 Å². The normalized spacial score (nSPS) is 16.0. The number of anilines is 1. The van der Waals surface area contributed by atoms with E-state index in [0.717, 1.165) is 37.5 Å². The second-order valence-corrected chi connectivity index (χ2v) is 5.90. The summed E-state index contributed by atoms with van der Waals surface area (Å²) in [5, 5.41) is 9.05. The number of carbonyl (C=O) groups excluding carboxylic acids is 1. The largest absolute Gasteiger partial charge is 0.396 e. The van der Waals surface area contributed by atoms with E-state index >= 15 is 0 Å². The highest BCUT2D eigenvalue weighted by Crippen LogP contribution is 2.18. The maximum absolute atomic E-state index is 12.5. The number of benzene rings is 1. The molecule has 1 saturated heterocycles. The van der Waals surface area contributed by atoms with Crippen molar-refractivity contribution >= 4 is 11.6 Å². The zero-order chi connectivity index (χ0) is 15.1. The smallest absolute Gasteiger partial charge is 0.242 e. The highest BCUT2D eigenvalue weighted by Gasteiger charge is 2.22. The minimum atomic E-state index is 0.152. The Kier molecular flexibility index (Phi) is 6.05. The molecule has 21 heavy (non-hydrogen) atoms. The van der Waals surface area contributed by atoms with Crippen LogP contribution >= 0.6 is 0 Å². The number of amides is 1. The fourth-order valence-electron chi connectivity index (χ4n) is 2.72. The van der Waals surface area contributed by atoms with Crippen LogP contribution in [0.3, 0.4) is 0 Å². The van der Waals surface area contributed by atoms with Crippen LogP contribution in [0.1, 0.15) is 26.2 Å². The van der Waals surface area contributed by atoms with Crippen molar-refractivity contribution in [3.63, 3.8) is 0 Å². The van der Waals surface area contributed by atoms with Crippen LogP contribution in [-0.2, 0) is 4.79 Å². The first-order valence-electron chi connectivity index (χ1n) is 7.89. The SMILES string of the molecule is CC1CCN(C(=O)CN(CCCO)c2ccccc2)CC1. The molecule has 0 bridgehead atoms. The lowest BCUT2D eigenvalue weighted by atomic mass is 9.99. The number of piperidine rings is 1. The van der Waals surface area contributed by atoms with E-state index in [1.165, 1.54) is 0 Å². The molecule has 0 spiro atoms. The zero-order valence-electron chi connectivity index (χ0n) is 12.9. The first kappa shape index (κ1) is 15.8. The van der Waals surface area contributed by atoms with Gasteiger partial charge in [0, 0.05) is 31.9 Å². The number of likely N-dealkylation sites (tertiary alicyclic amines) is 1. The van der Waals surface area contributed by atoms with Gasteiger partial charge >= 0.3 is 0 Å². The highest BCUT2D eigenvalue weighted by atomic mass is 16.3. The lowest BCUT2D eigenvalue weighted by Gasteiger charge is -2.33. The molecule has 1 amide bonds. The molecule has 0 aromatic heterocycles. The monoisotopic (exact) mass is 290 g/mol. The molecule has 4 heteroatoms. The molecule has 2 rings (SSSR count). The Hall–Kier alpha value is -1.55. The number of hydrogen-bond acceptors (Lipinski definition) is 3. The van der Waals surface area contributed by atoms with Crippen molar-refractivity contribution in [3.05, 3.63) is 30.3 Å².